The van der Waals surface area contributed by atoms with E-state index in [2.05, 4.69) is 17.4 Å². The van der Waals surface area contributed by atoms with E-state index in [0.29, 0.717) is 13.2 Å². The minimum Gasteiger partial charge on any atom is -0.383 e. The van der Waals surface area contributed by atoms with Crippen LogP contribution in [0.5, 0.6) is 0 Å². The number of aryl methyl sites for hydroxylation is 2. The van der Waals surface area contributed by atoms with Crippen molar-refractivity contribution in [1.29, 1.82) is 0 Å². The summed E-state index contributed by atoms with van der Waals surface area (Å²) in [7, 11) is 1.56. The van der Waals surface area contributed by atoms with Gasteiger partial charge < -0.3 is 10.1 Å². The van der Waals surface area contributed by atoms with E-state index in [-0.39, 0.29) is 18.2 Å². The molecule has 21 heavy (non-hydrogen) atoms. The molecule has 0 spiro atoms. The maximum absolute atomic E-state index is 12.2. The van der Waals surface area contributed by atoms with Crippen LogP contribution in [0.2, 0.25) is 0 Å². The number of carbonyl (C=O) groups excluding carboxylic acids is 2. The van der Waals surface area contributed by atoms with Crippen LogP contribution in [0.25, 0.3) is 0 Å². The fourth-order valence-corrected chi connectivity index (χ4v) is 3.08. The number of ether oxygens (including phenoxy) is 1. The molecule has 0 saturated carbocycles. The van der Waals surface area contributed by atoms with Crippen molar-refractivity contribution in [3.63, 3.8) is 0 Å². The average Bonchev–Trinajstić information content (AvgIpc) is 3.03. The summed E-state index contributed by atoms with van der Waals surface area (Å²) in [6.45, 7) is 0.708. The Balaban J connectivity index is 1.68. The Kier molecular flexibility index (Phi) is 3.92. The molecule has 5 heteroatoms. The smallest absolute Gasteiger partial charge is 0.252 e. The first-order chi connectivity index (χ1) is 10.2. The minimum atomic E-state index is -0.450. The Labute approximate surface area is 124 Å². The quantitative estimate of drug-likeness (QED) is 0.831. The van der Waals surface area contributed by atoms with E-state index in [1.807, 2.05) is 6.07 Å². The Morgan fingerprint density at radius 3 is 2.90 bits per heavy atom. The van der Waals surface area contributed by atoms with Crippen LogP contribution in [0.1, 0.15) is 24.0 Å². The van der Waals surface area contributed by atoms with Crippen molar-refractivity contribution in [3.8, 4) is 0 Å². The maximum atomic E-state index is 12.2. The average molecular weight is 288 g/mol. The zero-order valence-electron chi connectivity index (χ0n) is 12.2. The molecule has 1 aliphatic carbocycles. The number of benzene rings is 1. The van der Waals surface area contributed by atoms with Gasteiger partial charge in [-0.3, -0.25) is 14.5 Å². The lowest BCUT2D eigenvalue weighted by Crippen LogP contribution is -2.36. The van der Waals surface area contributed by atoms with Gasteiger partial charge in [0.15, 0.2) is 0 Å². The van der Waals surface area contributed by atoms with Crippen molar-refractivity contribution in [2.75, 3.05) is 25.6 Å². The van der Waals surface area contributed by atoms with E-state index >= 15 is 0 Å². The van der Waals surface area contributed by atoms with Crippen molar-refractivity contribution in [2.45, 2.75) is 31.7 Å². The lowest BCUT2D eigenvalue weighted by molar-refractivity contribution is -0.139. The van der Waals surface area contributed by atoms with Gasteiger partial charge >= 0.3 is 0 Å². The first-order valence-electron chi connectivity index (χ1n) is 7.40. The van der Waals surface area contributed by atoms with E-state index in [0.717, 1.165) is 18.5 Å². The number of fused-ring (bicyclic) bond motifs is 1. The van der Waals surface area contributed by atoms with Gasteiger partial charge in [0.1, 0.15) is 6.04 Å². The summed E-state index contributed by atoms with van der Waals surface area (Å²) in [4.78, 5) is 25.4. The zero-order valence-corrected chi connectivity index (χ0v) is 12.2. The predicted octanol–water partition coefficient (Wildman–Crippen LogP) is 1.36. The van der Waals surface area contributed by atoms with Crippen LogP contribution in [0.4, 0.5) is 5.69 Å². The molecule has 1 saturated heterocycles. The Hall–Kier alpha value is -1.88. The van der Waals surface area contributed by atoms with Gasteiger partial charge in [-0.2, -0.15) is 0 Å². The van der Waals surface area contributed by atoms with Gasteiger partial charge in [-0.25, -0.2) is 0 Å². The molecule has 112 valence electrons. The highest BCUT2D eigenvalue weighted by atomic mass is 16.5. The first kappa shape index (κ1) is 14.1. The van der Waals surface area contributed by atoms with Crippen LogP contribution in [-0.4, -0.2) is 43.0 Å². The monoisotopic (exact) mass is 288 g/mol. The summed E-state index contributed by atoms with van der Waals surface area (Å²) in [6, 6.07) is 5.78. The Morgan fingerprint density at radius 1 is 1.29 bits per heavy atom. The van der Waals surface area contributed by atoms with Crippen molar-refractivity contribution in [2.24, 2.45) is 0 Å². The molecule has 5 nitrogen and oxygen atoms in total. The molecule has 1 heterocycles. The number of hydrogen-bond acceptors (Lipinski definition) is 4. The summed E-state index contributed by atoms with van der Waals surface area (Å²) in [5.74, 6) is -0.284. The fraction of sp³-hybridized carbons (Fsp3) is 0.500. The number of nitrogens with zero attached hydrogens (tertiary/aromatic N) is 1. The lowest BCUT2D eigenvalue weighted by Gasteiger charge is -2.16. The highest BCUT2D eigenvalue weighted by molar-refractivity contribution is 6.06. The van der Waals surface area contributed by atoms with Crippen molar-refractivity contribution in [3.05, 3.63) is 29.3 Å². The number of amides is 2. The molecule has 1 aromatic carbocycles. The summed E-state index contributed by atoms with van der Waals surface area (Å²) >= 11 is 0. The Bertz CT molecular complexity index is 571. The second-order valence-electron chi connectivity index (χ2n) is 5.61. The van der Waals surface area contributed by atoms with Gasteiger partial charge in [0.05, 0.1) is 19.6 Å². The molecule has 2 aliphatic rings. The predicted molar refractivity (Wildman–Crippen MR) is 79.1 cm³/mol. The van der Waals surface area contributed by atoms with Crippen LogP contribution in [0.3, 0.4) is 0 Å². The molecule has 1 N–H and O–H groups in total. The number of rotatable bonds is 5. The standard InChI is InChI=1S/C16H20N2O3/c1-21-8-7-18-15(19)10-14(16(18)20)17-13-6-5-11-3-2-4-12(11)9-13/h5-6,9,14,17H,2-4,7-8,10H2,1H3. The third-order valence-corrected chi connectivity index (χ3v) is 4.20. The molecular weight excluding hydrogens is 268 g/mol. The van der Waals surface area contributed by atoms with Crippen LogP contribution in [-0.2, 0) is 27.2 Å². The maximum Gasteiger partial charge on any atom is 0.252 e. The molecular formula is C16H20N2O3. The molecule has 0 radical (unpaired) electrons. The number of anilines is 1. The topological polar surface area (TPSA) is 58.6 Å². The molecule has 1 aliphatic heterocycles. The number of hydrogen-bond donors (Lipinski definition) is 1. The summed E-state index contributed by atoms with van der Waals surface area (Å²) in [5, 5.41) is 3.20. The molecule has 2 amide bonds. The first-order valence-corrected chi connectivity index (χ1v) is 7.40. The zero-order chi connectivity index (χ0) is 14.8. The molecule has 1 fully saturated rings. The van der Waals surface area contributed by atoms with Gasteiger partial charge in [-0.1, -0.05) is 6.07 Å². The van der Waals surface area contributed by atoms with Gasteiger partial charge in [0, 0.05) is 12.8 Å². The lowest BCUT2D eigenvalue weighted by atomic mass is 10.1. The molecule has 1 atom stereocenters. The van der Waals surface area contributed by atoms with Crippen LogP contribution in [0.15, 0.2) is 18.2 Å². The highest BCUT2D eigenvalue weighted by Gasteiger charge is 2.38. The molecule has 0 aromatic heterocycles. The fourth-order valence-electron chi connectivity index (χ4n) is 3.08. The highest BCUT2D eigenvalue weighted by Crippen LogP contribution is 2.26. The van der Waals surface area contributed by atoms with E-state index in [9.17, 15) is 9.59 Å². The molecule has 0 bridgehead atoms. The van der Waals surface area contributed by atoms with E-state index in [4.69, 9.17) is 4.74 Å². The number of carbonyl (C=O) groups is 2. The third-order valence-electron chi connectivity index (χ3n) is 4.20. The van der Waals surface area contributed by atoms with Crippen LogP contribution >= 0.6 is 0 Å². The summed E-state index contributed by atoms with van der Waals surface area (Å²) in [6.07, 6.45) is 3.66. The number of nitrogens with one attached hydrogen (secondary N) is 1. The number of likely N-dealkylation sites (tertiary alicyclic amines) is 1. The third kappa shape index (κ3) is 2.78. The molecule has 1 unspecified atom stereocenters. The van der Waals surface area contributed by atoms with Crippen LogP contribution < -0.4 is 5.32 Å². The van der Waals surface area contributed by atoms with E-state index in [1.54, 1.807) is 7.11 Å². The van der Waals surface area contributed by atoms with Crippen LogP contribution in [0, 0.1) is 0 Å². The SMILES string of the molecule is COCCN1C(=O)CC(Nc2ccc3c(c2)CCC3)C1=O. The number of imide groups is 1. The van der Waals surface area contributed by atoms with E-state index < -0.39 is 6.04 Å². The van der Waals surface area contributed by atoms with Gasteiger partial charge in [0.25, 0.3) is 5.91 Å². The van der Waals surface area contributed by atoms with E-state index in [1.165, 1.54) is 22.4 Å². The van der Waals surface area contributed by atoms with Crippen molar-refractivity contribution in [1.82, 2.24) is 4.90 Å². The van der Waals surface area contributed by atoms with Crippen molar-refractivity contribution >= 4 is 17.5 Å². The normalized spacial score (nSPS) is 21.0. The van der Waals surface area contributed by atoms with Gasteiger partial charge in [-0.05, 0) is 42.5 Å². The minimum absolute atomic E-state index is 0.129. The number of methoxy groups -OCH3 is 1. The Morgan fingerprint density at radius 2 is 2.10 bits per heavy atom. The molecule has 3 rings (SSSR count). The summed E-state index contributed by atoms with van der Waals surface area (Å²) < 4.78 is 4.94. The van der Waals surface area contributed by atoms with Gasteiger partial charge in [-0.15, -0.1) is 0 Å². The molecule has 1 aromatic rings. The van der Waals surface area contributed by atoms with Gasteiger partial charge in [0.2, 0.25) is 5.91 Å². The van der Waals surface area contributed by atoms with Crippen molar-refractivity contribution < 1.29 is 14.3 Å². The second-order valence-corrected chi connectivity index (χ2v) is 5.61. The second kappa shape index (κ2) is 5.85. The largest absolute Gasteiger partial charge is 0.383 e. The summed E-state index contributed by atoms with van der Waals surface area (Å²) in [5.41, 5.74) is 3.68.